The summed E-state index contributed by atoms with van der Waals surface area (Å²) in [7, 11) is 0. The third-order valence-electron chi connectivity index (χ3n) is 3.05. The molecule has 0 aliphatic heterocycles. The summed E-state index contributed by atoms with van der Waals surface area (Å²) in [6.07, 6.45) is 3.38. The SMILES string of the molecule is Fc1ccc(Br)cc1CNc1ccccc1-n1ccnn1. The molecule has 2 aromatic carbocycles. The Bertz CT molecular complexity index is 743. The van der Waals surface area contributed by atoms with E-state index in [0.717, 1.165) is 15.8 Å². The molecule has 0 saturated heterocycles. The number of hydrogen-bond donors (Lipinski definition) is 1. The summed E-state index contributed by atoms with van der Waals surface area (Å²) in [5.74, 6) is -0.232. The van der Waals surface area contributed by atoms with E-state index in [0.29, 0.717) is 12.1 Å². The molecule has 0 spiro atoms. The van der Waals surface area contributed by atoms with Crippen LogP contribution in [0.15, 0.2) is 59.3 Å². The van der Waals surface area contributed by atoms with Crippen LogP contribution in [0.5, 0.6) is 0 Å². The molecule has 4 nitrogen and oxygen atoms in total. The predicted molar refractivity (Wildman–Crippen MR) is 82.8 cm³/mol. The van der Waals surface area contributed by atoms with E-state index in [4.69, 9.17) is 0 Å². The van der Waals surface area contributed by atoms with Crippen molar-refractivity contribution in [2.75, 3.05) is 5.32 Å². The molecule has 0 fully saturated rings. The van der Waals surface area contributed by atoms with E-state index in [1.54, 1.807) is 29.2 Å². The summed E-state index contributed by atoms with van der Waals surface area (Å²) < 4.78 is 16.3. The molecule has 3 aromatic rings. The Morgan fingerprint density at radius 2 is 2.05 bits per heavy atom. The van der Waals surface area contributed by atoms with E-state index in [1.807, 2.05) is 24.3 Å². The summed E-state index contributed by atoms with van der Waals surface area (Å²) in [5, 5.41) is 11.0. The normalized spacial score (nSPS) is 10.6. The largest absolute Gasteiger partial charge is 0.379 e. The van der Waals surface area contributed by atoms with Crippen LogP contribution < -0.4 is 5.32 Å². The highest BCUT2D eigenvalue weighted by atomic mass is 79.9. The van der Waals surface area contributed by atoms with Gasteiger partial charge in [-0.1, -0.05) is 33.3 Å². The van der Waals surface area contributed by atoms with Crippen LogP contribution in [0.4, 0.5) is 10.1 Å². The van der Waals surface area contributed by atoms with Crippen molar-refractivity contribution in [3.05, 3.63) is 70.7 Å². The lowest BCUT2D eigenvalue weighted by Gasteiger charge is -2.12. The van der Waals surface area contributed by atoms with E-state index in [9.17, 15) is 4.39 Å². The summed E-state index contributed by atoms with van der Waals surface area (Å²) in [4.78, 5) is 0. The van der Waals surface area contributed by atoms with E-state index in [-0.39, 0.29) is 5.82 Å². The van der Waals surface area contributed by atoms with E-state index >= 15 is 0 Å². The lowest BCUT2D eigenvalue weighted by molar-refractivity contribution is 0.612. The maximum absolute atomic E-state index is 13.8. The molecule has 0 radical (unpaired) electrons. The first-order chi connectivity index (χ1) is 10.2. The number of rotatable bonds is 4. The predicted octanol–water partition coefficient (Wildman–Crippen LogP) is 3.78. The molecule has 1 N–H and O–H groups in total. The highest BCUT2D eigenvalue weighted by Crippen LogP contribution is 2.21. The molecule has 0 aliphatic rings. The van der Waals surface area contributed by atoms with Gasteiger partial charge in [-0.2, -0.15) is 0 Å². The highest BCUT2D eigenvalue weighted by molar-refractivity contribution is 9.10. The lowest BCUT2D eigenvalue weighted by atomic mass is 10.2. The number of anilines is 1. The van der Waals surface area contributed by atoms with E-state index in [2.05, 4.69) is 31.6 Å². The number of hydrogen-bond acceptors (Lipinski definition) is 3. The van der Waals surface area contributed by atoms with Crippen molar-refractivity contribution in [2.24, 2.45) is 0 Å². The van der Waals surface area contributed by atoms with Crippen molar-refractivity contribution in [1.82, 2.24) is 15.0 Å². The smallest absolute Gasteiger partial charge is 0.128 e. The van der Waals surface area contributed by atoms with Crippen molar-refractivity contribution in [1.29, 1.82) is 0 Å². The first-order valence-electron chi connectivity index (χ1n) is 6.37. The van der Waals surface area contributed by atoms with Crippen LogP contribution >= 0.6 is 15.9 Å². The number of nitrogens with one attached hydrogen (secondary N) is 1. The molecule has 0 saturated carbocycles. The van der Waals surface area contributed by atoms with Gasteiger partial charge in [-0.25, -0.2) is 9.07 Å². The van der Waals surface area contributed by atoms with Crippen molar-refractivity contribution in [3.63, 3.8) is 0 Å². The fourth-order valence-electron chi connectivity index (χ4n) is 2.03. The second-order valence-electron chi connectivity index (χ2n) is 4.45. The zero-order valence-electron chi connectivity index (χ0n) is 11.0. The van der Waals surface area contributed by atoms with Gasteiger partial charge in [0.05, 0.1) is 23.8 Å². The molecule has 0 unspecified atom stereocenters. The van der Waals surface area contributed by atoms with Crippen LogP contribution in [-0.2, 0) is 6.54 Å². The molecule has 0 bridgehead atoms. The average Bonchev–Trinajstić information content (AvgIpc) is 3.03. The quantitative estimate of drug-likeness (QED) is 0.781. The number of aromatic nitrogens is 3. The molecule has 1 aromatic heterocycles. The third kappa shape index (κ3) is 3.11. The van der Waals surface area contributed by atoms with Gasteiger partial charge in [0.25, 0.3) is 0 Å². The first kappa shape index (κ1) is 13.8. The van der Waals surface area contributed by atoms with Crippen molar-refractivity contribution >= 4 is 21.6 Å². The Morgan fingerprint density at radius 3 is 2.86 bits per heavy atom. The minimum Gasteiger partial charge on any atom is -0.379 e. The zero-order valence-corrected chi connectivity index (χ0v) is 12.6. The molecule has 3 rings (SSSR count). The number of benzene rings is 2. The van der Waals surface area contributed by atoms with Crippen LogP contribution in [0.25, 0.3) is 5.69 Å². The van der Waals surface area contributed by atoms with Crippen LogP contribution in [-0.4, -0.2) is 15.0 Å². The van der Waals surface area contributed by atoms with E-state index in [1.165, 1.54) is 6.07 Å². The van der Waals surface area contributed by atoms with Gasteiger partial charge < -0.3 is 5.32 Å². The van der Waals surface area contributed by atoms with Crippen LogP contribution in [0.3, 0.4) is 0 Å². The molecular weight excluding hydrogens is 335 g/mol. The van der Waals surface area contributed by atoms with Crippen molar-refractivity contribution in [3.8, 4) is 5.69 Å². The Kier molecular flexibility index (Phi) is 3.96. The van der Waals surface area contributed by atoms with Gasteiger partial charge in [0.2, 0.25) is 0 Å². The Labute approximate surface area is 129 Å². The zero-order chi connectivity index (χ0) is 14.7. The van der Waals surface area contributed by atoms with Gasteiger partial charge in [0.15, 0.2) is 0 Å². The molecule has 6 heteroatoms. The maximum Gasteiger partial charge on any atom is 0.128 e. The average molecular weight is 347 g/mol. The Hall–Kier alpha value is -2.21. The van der Waals surface area contributed by atoms with Crippen LogP contribution in [0, 0.1) is 5.82 Å². The maximum atomic E-state index is 13.8. The van der Waals surface area contributed by atoms with Gasteiger partial charge in [-0.15, -0.1) is 5.10 Å². The van der Waals surface area contributed by atoms with Crippen molar-refractivity contribution in [2.45, 2.75) is 6.54 Å². The van der Waals surface area contributed by atoms with Gasteiger partial charge in [0.1, 0.15) is 5.82 Å². The number of nitrogens with zero attached hydrogens (tertiary/aromatic N) is 3. The monoisotopic (exact) mass is 346 g/mol. The first-order valence-corrected chi connectivity index (χ1v) is 7.17. The topological polar surface area (TPSA) is 42.7 Å². The van der Waals surface area contributed by atoms with Crippen molar-refractivity contribution < 1.29 is 4.39 Å². The summed E-state index contributed by atoms with van der Waals surface area (Å²) in [6, 6.07) is 12.6. The van der Waals surface area contributed by atoms with Gasteiger partial charge >= 0.3 is 0 Å². The lowest BCUT2D eigenvalue weighted by Crippen LogP contribution is -2.06. The minimum absolute atomic E-state index is 0.232. The molecule has 1 heterocycles. The molecule has 106 valence electrons. The molecular formula is C15H12BrFN4. The second-order valence-corrected chi connectivity index (χ2v) is 5.37. The van der Waals surface area contributed by atoms with Gasteiger partial charge in [-0.05, 0) is 30.3 Å². The number of halogens is 2. The van der Waals surface area contributed by atoms with E-state index < -0.39 is 0 Å². The summed E-state index contributed by atoms with van der Waals surface area (Å²) in [6.45, 7) is 0.386. The van der Waals surface area contributed by atoms with Crippen LogP contribution in [0.1, 0.15) is 5.56 Å². The summed E-state index contributed by atoms with van der Waals surface area (Å²) in [5.41, 5.74) is 2.32. The minimum atomic E-state index is -0.232. The fourth-order valence-corrected chi connectivity index (χ4v) is 2.44. The van der Waals surface area contributed by atoms with Gasteiger partial charge in [0, 0.05) is 16.6 Å². The van der Waals surface area contributed by atoms with Crippen LogP contribution in [0.2, 0.25) is 0 Å². The molecule has 0 aliphatic carbocycles. The Balaban J connectivity index is 1.84. The standard InChI is InChI=1S/C15H12BrFN4/c16-12-5-6-13(17)11(9-12)10-18-14-3-1-2-4-15(14)21-8-7-19-20-21/h1-9,18H,10H2. The van der Waals surface area contributed by atoms with Gasteiger partial charge in [-0.3, -0.25) is 0 Å². The number of para-hydroxylation sites is 2. The molecule has 0 amide bonds. The molecule has 0 atom stereocenters. The third-order valence-corrected chi connectivity index (χ3v) is 3.54. The fraction of sp³-hybridized carbons (Fsp3) is 0.0667. The molecule has 21 heavy (non-hydrogen) atoms. The summed E-state index contributed by atoms with van der Waals surface area (Å²) >= 11 is 3.35. The Morgan fingerprint density at radius 1 is 1.19 bits per heavy atom. The second kappa shape index (κ2) is 6.05. The highest BCUT2D eigenvalue weighted by Gasteiger charge is 2.07.